The molecule has 1 amide bonds. The zero-order valence-electron chi connectivity index (χ0n) is 14.7. The van der Waals surface area contributed by atoms with E-state index < -0.39 is 0 Å². The van der Waals surface area contributed by atoms with Gasteiger partial charge in [0.15, 0.2) is 6.61 Å². The Labute approximate surface area is 148 Å². The Hall–Kier alpha value is -2.56. The molecule has 2 aromatic rings. The molecule has 0 aliphatic carbocycles. The van der Waals surface area contributed by atoms with Crippen LogP contribution in [0, 0.1) is 0 Å². The lowest BCUT2D eigenvalue weighted by molar-refractivity contribution is -0.132. The molecule has 1 unspecified atom stereocenters. The van der Waals surface area contributed by atoms with E-state index in [0.717, 1.165) is 17.9 Å². The average molecular weight is 340 g/mol. The molecule has 0 N–H and O–H groups in total. The predicted molar refractivity (Wildman–Crippen MR) is 95.9 cm³/mol. The maximum atomic E-state index is 12.3. The van der Waals surface area contributed by atoms with Gasteiger partial charge in [-0.15, -0.1) is 0 Å². The minimum atomic E-state index is -0.00577. The van der Waals surface area contributed by atoms with E-state index in [9.17, 15) is 4.79 Å². The van der Waals surface area contributed by atoms with Crippen molar-refractivity contribution in [2.24, 2.45) is 0 Å². The normalized spacial score (nSPS) is 16.9. The van der Waals surface area contributed by atoms with Crippen molar-refractivity contribution in [3.05, 3.63) is 54.4 Å². The van der Waals surface area contributed by atoms with Crippen molar-refractivity contribution in [3.8, 4) is 11.5 Å². The van der Waals surface area contributed by atoms with Crippen LogP contribution in [0.5, 0.6) is 11.5 Å². The summed E-state index contributed by atoms with van der Waals surface area (Å²) in [6, 6.07) is 11.6. The third-order valence-electron chi connectivity index (χ3n) is 4.36. The quantitative estimate of drug-likeness (QED) is 0.810. The van der Waals surface area contributed by atoms with Crippen LogP contribution < -0.4 is 9.47 Å². The van der Waals surface area contributed by atoms with Crippen LogP contribution in [0.3, 0.4) is 0 Å². The Balaban J connectivity index is 1.46. The van der Waals surface area contributed by atoms with Gasteiger partial charge in [0, 0.05) is 25.4 Å². The van der Waals surface area contributed by atoms with Gasteiger partial charge in [0.25, 0.3) is 5.91 Å². The van der Waals surface area contributed by atoms with E-state index in [1.807, 2.05) is 36.4 Å². The topological polar surface area (TPSA) is 51.7 Å². The summed E-state index contributed by atoms with van der Waals surface area (Å²) in [7, 11) is 0. The highest BCUT2D eigenvalue weighted by Gasteiger charge is 2.27. The van der Waals surface area contributed by atoms with Gasteiger partial charge in [0.1, 0.15) is 17.6 Å². The number of amides is 1. The zero-order valence-corrected chi connectivity index (χ0v) is 14.7. The summed E-state index contributed by atoms with van der Waals surface area (Å²) in [4.78, 5) is 18.1. The Morgan fingerprint density at radius 2 is 1.88 bits per heavy atom. The molecule has 132 valence electrons. The molecule has 1 atom stereocenters. The number of hydrogen-bond acceptors (Lipinski definition) is 4. The van der Waals surface area contributed by atoms with Crippen LogP contribution in [0.4, 0.5) is 0 Å². The highest BCUT2D eigenvalue weighted by molar-refractivity contribution is 5.78. The summed E-state index contributed by atoms with van der Waals surface area (Å²) in [5, 5.41) is 0. The zero-order chi connectivity index (χ0) is 17.6. The summed E-state index contributed by atoms with van der Waals surface area (Å²) in [5.41, 5.74) is 1.26. The van der Waals surface area contributed by atoms with Crippen LogP contribution in [0.1, 0.15) is 31.7 Å². The molecule has 0 bridgehead atoms. The van der Waals surface area contributed by atoms with E-state index in [4.69, 9.17) is 9.47 Å². The number of rotatable bonds is 6. The number of hydrogen-bond donors (Lipinski definition) is 0. The second-order valence-electron chi connectivity index (χ2n) is 6.56. The minimum Gasteiger partial charge on any atom is -0.488 e. The molecule has 0 radical (unpaired) electrons. The molecule has 2 heterocycles. The molecule has 0 spiro atoms. The molecule has 1 aromatic carbocycles. The van der Waals surface area contributed by atoms with Crippen LogP contribution in [0.15, 0.2) is 48.8 Å². The molecule has 5 heteroatoms. The van der Waals surface area contributed by atoms with Crippen LogP contribution in [-0.4, -0.2) is 41.6 Å². The fourth-order valence-corrected chi connectivity index (χ4v) is 2.85. The van der Waals surface area contributed by atoms with E-state index in [1.165, 1.54) is 5.56 Å². The molecule has 25 heavy (non-hydrogen) atoms. The molecule has 1 fully saturated rings. The third kappa shape index (κ3) is 4.72. The average Bonchev–Trinajstić information content (AvgIpc) is 3.09. The van der Waals surface area contributed by atoms with Gasteiger partial charge in [-0.1, -0.05) is 26.0 Å². The first kappa shape index (κ1) is 17.3. The molecule has 5 nitrogen and oxygen atoms in total. The lowest BCUT2D eigenvalue weighted by Crippen LogP contribution is -2.34. The summed E-state index contributed by atoms with van der Waals surface area (Å²) in [6.07, 6.45) is 4.26. The summed E-state index contributed by atoms with van der Waals surface area (Å²) < 4.78 is 11.5. The van der Waals surface area contributed by atoms with Gasteiger partial charge in [0.2, 0.25) is 0 Å². The van der Waals surface area contributed by atoms with Crippen molar-refractivity contribution in [2.45, 2.75) is 32.3 Å². The highest BCUT2D eigenvalue weighted by atomic mass is 16.5. The van der Waals surface area contributed by atoms with Gasteiger partial charge in [-0.25, -0.2) is 0 Å². The van der Waals surface area contributed by atoms with Crippen molar-refractivity contribution in [2.75, 3.05) is 19.7 Å². The lowest BCUT2D eigenvalue weighted by atomic mass is 10.0. The van der Waals surface area contributed by atoms with Crippen LogP contribution in [-0.2, 0) is 4.79 Å². The van der Waals surface area contributed by atoms with Gasteiger partial charge < -0.3 is 14.4 Å². The predicted octanol–water partition coefficient (Wildman–Crippen LogP) is 3.26. The molecule has 1 aliphatic rings. The monoisotopic (exact) mass is 340 g/mol. The largest absolute Gasteiger partial charge is 0.488 e. The Morgan fingerprint density at radius 1 is 1.16 bits per heavy atom. The maximum absolute atomic E-state index is 12.3. The first-order chi connectivity index (χ1) is 12.1. The molecule has 0 saturated carbocycles. The van der Waals surface area contributed by atoms with E-state index in [0.29, 0.717) is 19.0 Å². The van der Waals surface area contributed by atoms with Crippen LogP contribution in [0.2, 0.25) is 0 Å². The van der Waals surface area contributed by atoms with Gasteiger partial charge in [-0.3, -0.25) is 9.78 Å². The molecule has 1 aliphatic heterocycles. The standard InChI is InChI=1S/C20H24N2O3/c1-15(2)16-3-5-17(6-4-16)24-14-20(23)22-12-9-19(13-22)25-18-7-10-21-11-8-18/h3-8,10-11,15,19H,9,12-14H2,1-2H3. The Morgan fingerprint density at radius 3 is 2.56 bits per heavy atom. The number of likely N-dealkylation sites (tertiary alicyclic amines) is 1. The number of nitrogens with zero attached hydrogens (tertiary/aromatic N) is 2. The van der Waals surface area contributed by atoms with Crippen LogP contribution >= 0.6 is 0 Å². The van der Waals surface area contributed by atoms with Crippen molar-refractivity contribution in [3.63, 3.8) is 0 Å². The van der Waals surface area contributed by atoms with Gasteiger partial charge in [-0.2, -0.15) is 0 Å². The van der Waals surface area contributed by atoms with Crippen molar-refractivity contribution in [1.29, 1.82) is 0 Å². The second kappa shape index (κ2) is 8.01. The van der Waals surface area contributed by atoms with E-state index in [1.54, 1.807) is 17.3 Å². The van der Waals surface area contributed by atoms with Gasteiger partial charge >= 0.3 is 0 Å². The van der Waals surface area contributed by atoms with Crippen molar-refractivity contribution >= 4 is 5.91 Å². The highest BCUT2D eigenvalue weighted by Crippen LogP contribution is 2.20. The third-order valence-corrected chi connectivity index (χ3v) is 4.36. The van der Waals surface area contributed by atoms with Crippen molar-refractivity contribution < 1.29 is 14.3 Å². The van der Waals surface area contributed by atoms with Crippen LogP contribution in [0.25, 0.3) is 0 Å². The lowest BCUT2D eigenvalue weighted by Gasteiger charge is -2.17. The van der Waals surface area contributed by atoms with E-state index >= 15 is 0 Å². The van der Waals surface area contributed by atoms with E-state index in [-0.39, 0.29) is 18.6 Å². The molecular weight excluding hydrogens is 316 g/mol. The number of carbonyl (C=O) groups is 1. The first-order valence-corrected chi connectivity index (χ1v) is 8.69. The summed E-state index contributed by atoms with van der Waals surface area (Å²) in [6.45, 7) is 5.65. The number of pyridine rings is 1. The van der Waals surface area contributed by atoms with Crippen molar-refractivity contribution in [1.82, 2.24) is 9.88 Å². The number of carbonyl (C=O) groups excluding carboxylic acids is 1. The maximum Gasteiger partial charge on any atom is 0.260 e. The van der Waals surface area contributed by atoms with Gasteiger partial charge in [0.05, 0.1) is 6.54 Å². The second-order valence-corrected chi connectivity index (χ2v) is 6.56. The SMILES string of the molecule is CC(C)c1ccc(OCC(=O)N2CCC(Oc3ccncc3)C2)cc1. The van der Waals surface area contributed by atoms with E-state index in [2.05, 4.69) is 18.8 Å². The fourth-order valence-electron chi connectivity index (χ4n) is 2.85. The number of benzene rings is 1. The first-order valence-electron chi connectivity index (χ1n) is 8.69. The minimum absolute atomic E-state index is 0.00577. The molecular formula is C20H24N2O3. The Bertz CT molecular complexity index is 686. The van der Waals surface area contributed by atoms with Gasteiger partial charge in [-0.05, 0) is 35.7 Å². The number of ether oxygens (including phenoxy) is 2. The summed E-state index contributed by atoms with van der Waals surface area (Å²) in [5.74, 6) is 1.99. The molecule has 1 aromatic heterocycles. The fraction of sp³-hybridized carbons (Fsp3) is 0.400. The molecule has 1 saturated heterocycles. The smallest absolute Gasteiger partial charge is 0.260 e. The molecule has 3 rings (SSSR count). The number of aromatic nitrogens is 1. The summed E-state index contributed by atoms with van der Waals surface area (Å²) >= 11 is 0. The Kier molecular flexibility index (Phi) is 5.53.